The van der Waals surface area contributed by atoms with E-state index >= 15 is 0 Å². The Kier molecular flexibility index (Phi) is 4.83. The first kappa shape index (κ1) is 10.0. The maximum absolute atomic E-state index is 5.48. The average molecular weight is 159 g/mol. The van der Waals surface area contributed by atoms with Crippen molar-refractivity contribution < 1.29 is 0 Å². The van der Waals surface area contributed by atoms with Crippen molar-refractivity contribution in [2.45, 2.75) is 34.1 Å². The van der Waals surface area contributed by atoms with E-state index in [1.165, 1.54) is 22.4 Å². The second kappa shape index (κ2) is 4.80. The molecule has 60 valence electrons. The molecule has 0 fully saturated rings. The van der Waals surface area contributed by atoms with E-state index in [4.69, 9.17) is 5.14 Å². The van der Waals surface area contributed by atoms with Crippen LogP contribution in [0.5, 0.6) is 0 Å². The lowest BCUT2D eigenvalue weighted by molar-refractivity contribution is 0.759. The summed E-state index contributed by atoms with van der Waals surface area (Å²) in [7, 11) is 0. The number of allylic oxidation sites excluding steroid dienone is 2. The molecule has 0 saturated heterocycles. The molecule has 0 aromatic heterocycles. The van der Waals surface area contributed by atoms with Crippen molar-refractivity contribution in [2.24, 2.45) is 11.1 Å². The molecule has 0 aliphatic rings. The molecule has 10 heavy (non-hydrogen) atoms. The van der Waals surface area contributed by atoms with Crippen LogP contribution in [0.15, 0.2) is 10.5 Å². The molecule has 0 aliphatic heterocycles. The highest BCUT2D eigenvalue weighted by atomic mass is 32.2. The fourth-order valence-corrected chi connectivity index (χ4v) is 1.37. The van der Waals surface area contributed by atoms with Gasteiger partial charge in [0.05, 0.1) is 0 Å². The van der Waals surface area contributed by atoms with Crippen LogP contribution in [0.25, 0.3) is 0 Å². The normalized spacial score (nSPS) is 13.8. The molecule has 0 heterocycles. The van der Waals surface area contributed by atoms with Crippen LogP contribution < -0.4 is 5.14 Å². The minimum Gasteiger partial charge on any atom is -0.274 e. The Balaban J connectivity index is 4.27. The highest BCUT2D eigenvalue weighted by Crippen LogP contribution is 2.22. The first-order valence-electron chi connectivity index (χ1n) is 3.69. The lowest BCUT2D eigenvalue weighted by atomic mass is 10.0. The molecule has 0 unspecified atom stereocenters. The summed E-state index contributed by atoms with van der Waals surface area (Å²) in [6.45, 7) is 8.69. The van der Waals surface area contributed by atoms with E-state index in [1.54, 1.807) is 0 Å². The first-order valence-corrected chi connectivity index (χ1v) is 4.57. The predicted molar refractivity (Wildman–Crippen MR) is 49.6 cm³/mol. The Morgan fingerprint density at radius 2 is 2.00 bits per heavy atom. The van der Waals surface area contributed by atoms with Gasteiger partial charge in [0.25, 0.3) is 0 Å². The quantitative estimate of drug-likeness (QED) is 0.641. The molecule has 2 N–H and O–H groups in total. The Morgan fingerprint density at radius 1 is 1.50 bits per heavy atom. The number of rotatable bonds is 3. The molecular formula is C8H17NS. The SMILES string of the molecule is CC/C(SN)=C(/C)C(C)C. The molecule has 0 atom stereocenters. The van der Waals surface area contributed by atoms with E-state index in [2.05, 4.69) is 27.7 Å². The fraction of sp³-hybridized carbons (Fsp3) is 0.750. The molecule has 0 aromatic carbocycles. The third-order valence-electron chi connectivity index (χ3n) is 1.77. The lowest BCUT2D eigenvalue weighted by Gasteiger charge is -2.09. The minimum absolute atomic E-state index is 0.631. The Hall–Kier alpha value is 0.0500. The highest BCUT2D eigenvalue weighted by molar-refractivity contribution is 8.00. The van der Waals surface area contributed by atoms with Crippen molar-refractivity contribution >= 4 is 11.9 Å². The van der Waals surface area contributed by atoms with Gasteiger partial charge < -0.3 is 0 Å². The van der Waals surface area contributed by atoms with Gasteiger partial charge in [-0.25, -0.2) is 0 Å². The second-order valence-corrected chi connectivity index (χ2v) is 3.46. The van der Waals surface area contributed by atoms with Gasteiger partial charge in [-0.3, -0.25) is 5.14 Å². The zero-order chi connectivity index (χ0) is 8.15. The lowest BCUT2D eigenvalue weighted by Crippen LogP contribution is -1.94. The Labute approximate surface area is 68.2 Å². The van der Waals surface area contributed by atoms with E-state index < -0.39 is 0 Å². The van der Waals surface area contributed by atoms with Crippen LogP contribution in [-0.2, 0) is 0 Å². The van der Waals surface area contributed by atoms with Gasteiger partial charge >= 0.3 is 0 Å². The van der Waals surface area contributed by atoms with Crippen LogP contribution in [0, 0.1) is 5.92 Å². The predicted octanol–water partition coefficient (Wildman–Crippen LogP) is 2.93. The molecule has 0 radical (unpaired) electrons. The second-order valence-electron chi connectivity index (χ2n) is 2.73. The summed E-state index contributed by atoms with van der Waals surface area (Å²) >= 11 is 1.39. The van der Waals surface area contributed by atoms with Crippen LogP contribution in [-0.4, -0.2) is 0 Å². The molecule has 2 heteroatoms. The van der Waals surface area contributed by atoms with Gasteiger partial charge in [-0.15, -0.1) is 0 Å². The van der Waals surface area contributed by atoms with Gasteiger partial charge in [-0.05, 0) is 24.2 Å². The van der Waals surface area contributed by atoms with Crippen molar-refractivity contribution in [3.63, 3.8) is 0 Å². The maximum atomic E-state index is 5.48. The van der Waals surface area contributed by atoms with Gasteiger partial charge in [-0.1, -0.05) is 38.3 Å². The van der Waals surface area contributed by atoms with Crippen LogP contribution in [0.2, 0.25) is 0 Å². The summed E-state index contributed by atoms with van der Waals surface area (Å²) in [5.74, 6) is 0.631. The van der Waals surface area contributed by atoms with E-state index in [-0.39, 0.29) is 0 Å². The van der Waals surface area contributed by atoms with Gasteiger partial charge in [0.2, 0.25) is 0 Å². The Morgan fingerprint density at radius 3 is 2.10 bits per heavy atom. The zero-order valence-electron chi connectivity index (χ0n) is 7.27. The highest BCUT2D eigenvalue weighted by Gasteiger charge is 2.02. The first-order chi connectivity index (χ1) is 4.63. The third-order valence-corrected chi connectivity index (χ3v) is 2.66. The standard InChI is InChI=1S/C8H17NS/c1-5-8(10-9)7(4)6(2)3/h6H,5,9H2,1-4H3/b8-7+. The number of nitrogens with two attached hydrogens (primary N) is 1. The number of hydrogen-bond acceptors (Lipinski definition) is 2. The Bertz CT molecular complexity index is 121. The van der Waals surface area contributed by atoms with Gasteiger partial charge in [0.1, 0.15) is 0 Å². The fourth-order valence-electron chi connectivity index (χ4n) is 0.777. The van der Waals surface area contributed by atoms with Crippen molar-refractivity contribution in [3.05, 3.63) is 10.5 Å². The summed E-state index contributed by atoms with van der Waals surface area (Å²) < 4.78 is 0. The maximum Gasteiger partial charge on any atom is -0.000986 e. The van der Waals surface area contributed by atoms with E-state index in [1.807, 2.05) is 0 Å². The van der Waals surface area contributed by atoms with Gasteiger partial charge in [0.15, 0.2) is 0 Å². The average Bonchev–Trinajstić information content (AvgIpc) is 1.90. The molecule has 0 aliphatic carbocycles. The van der Waals surface area contributed by atoms with Gasteiger partial charge in [0, 0.05) is 0 Å². The molecule has 0 saturated carbocycles. The van der Waals surface area contributed by atoms with E-state index in [9.17, 15) is 0 Å². The molecule has 1 nitrogen and oxygen atoms in total. The summed E-state index contributed by atoms with van der Waals surface area (Å²) in [6, 6.07) is 0. The molecule has 0 spiro atoms. The molecule has 0 amide bonds. The van der Waals surface area contributed by atoms with E-state index in [0.29, 0.717) is 5.92 Å². The van der Waals surface area contributed by atoms with Gasteiger partial charge in [-0.2, -0.15) is 0 Å². The molecule has 0 aromatic rings. The summed E-state index contributed by atoms with van der Waals surface area (Å²) in [5, 5.41) is 5.48. The van der Waals surface area contributed by atoms with Crippen LogP contribution in [0.1, 0.15) is 34.1 Å². The van der Waals surface area contributed by atoms with Crippen molar-refractivity contribution in [1.29, 1.82) is 0 Å². The summed E-state index contributed by atoms with van der Waals surface area (Å²) in [5.41, 5.74) is 1.43. The molecular weight excluding hydrogens is 142 g/mol. The zero-order valence-corrected chi connectivity index (χ0v) is 8.09. The largest absolute Gasteiger partial charge is 0.274 e. The minimum atomic E-state index is 0.631. The third kappa shape index (κ3) is 2.76. The number of hydrogen-bond donors (Lipinski definition) is 1. The van der Waals surface area contributed by atoms with Crippen molar-refractivity contribution in [2.75, 3.05) is 0 Å². The van der Waals surface area contributed by atoms with Crippen LogP contribution >= 0.6 is 11.9 Å². The molecule has 0 bridgehead atoms. The van der Waals surface area contributed by atoms with Crippen molar-refractivity contribution in [3.8, 4) is 0 Å². The summed E-state index contributed by atoms with van der Waals surface area (Å²) in [4.78, 5) is 1.33. The smallest absolute Gasteiger partial charge is 0.000986 e. The topological polar surface area (TPSA) is 26.0 Å². The monoisotopic (exact) mass is 159 g/mol. The molecule has 0 rings (SSSR count). The van der Waals surface area contributed by atoms with E-state index in [0.717, 1.165) is 6.42 Å². The van der Waals surface area contributed by atoms with Crippen LogP contribution in [0.4, 0.5) is 0 Å². The van der Waals surface area contributed by atoms with Crippen molar-refractivity contribution in [1.82, 2.24) is 0 Å². The summed E-state index contributed by atoms with van der Waals surface area (Å²) in [6.07, 6.45) is 1.06. The van der Waals surface area contributed by atoms with Crippen LogP contribution in [0.3, 0.4) is 0 Å².